The van der Waals surface area contributed by atoms with Crippen molar-refractivity contribution in [2.75, 3.05) is 25.4 Å². The van der Waals surface area contributed by atoms with Crippen molar-refractivity contribution in [1.82, 2.24) is 24.2 Å². The van der Waals surface area contributed by atoms with Gasteiger partial charge in [-0.25, -0.2) is 24.2 Å². The van der Waals surface area contributed by atoms with Crippen molar-refractivity contribution in [2.45, 2.75) is 46.4 Å². The first-order valence-corrected chi connectivity index (χ1v) is 13.5. The summed E-state index contributed by atoms with van der Waals surface area (Å²) in [6.07, 6.45) is 2.17. The van der Waals surface area contributed by atoms with Gasteiger partial charge < -0.3 is 20.1 Å². The monoisotopic (exact) mass is 646 g/mol. The Hall–Kier alpha value is -0.180. The van der Waals surface area contributed by atoms with Gasteiger partial charge in [-0.3, -0.25) is 9.09 Å². The number of anilines is 1. The SMILES string of the molecule is C[C@H]1O[C@@H](n2cnc3c(N)ncnc32)C[C@@H]1OP(=O)(O)N1CCOC(CC(Br)(Br)Br)C1. The highest BCUT2D eigenvalue weighted by Crippen LogP contribution is 2.52. The molecule has 0 radical (unpaired) electrons. The van der Waals surface area contributed by atoms with Crippen molar-refractivity contribution in [2.24, 2.45) is 0 Å². The summed E-state index contributed by atoms with van der Waals surface area (Å²) in [5, 5.41) is 0. The molecular formula is C16H22Br3N6O5P. The summed E-state index contributed by atoms with van der Waals surface area (Å²) in [5.74, 6) is 0.281. The van der Waals surface area contributed by atoms with Crippen LogP contribution in [0.25, 0.3) is 11.2 Å². The van der Waals surface area contributed by atoms with Gasteiger partial charge in [-0.05, 0) is 6.92 Å². The third kappa shape index (κ3) is 5.49. The summed E-state index contributed by atoms with van der Waals surface area (Å²) >= 11 is 10.3. The van der Waals surface area contributed by atoms with E-state index in [1.165, 1.54) is 11.0 Å². The first-order valence-electron chi connectivity index (χ1n) is 9.57. The number of morpholine rings is 1. The van der Waals surface area contributed by atoms with Crippen LogP contribution in [0.5, 0.6) is 0 Å². The van der Waals surface area contributed by atoms with Crippen LogP contribution in [0, 0.1) is 0 Å². The fraction of sp³-hybridized carbons (Fsp3) is 0.688. The zero-order valence-corrected chi connectivity index (χ0v) is 22.1. The number of nitrogens with zero attached hydrogens (tertiary/aromatic N) is 5. The van der Waals surface area contributed by atoms with E-state index in [1.54, 1.807) is 10.9 Å². The number of hydrogen-bond donors (Lipinski definition) is 2. The van der Waals surface area contributed by atoms with E-state index in [1.807, 2.05) is 6.92 Å². The summed E-state index contributed by atoms with van der Waals surface area (Å²) in [4.78, 5) is 23.1. The van der Waals surface area contributed by atoms with E-state index in [2.05, 4.69) is 62.7 Å². The second-order valence-electron chi connectivity index (χ2n) is 7.47. The van der Waals surface area contributed by atoms with Gasteiger partial charge in [-0.15, -0.1) is 0 Å². The zero-order chi connectivity index (χ0) is 22.4. The number of ether oxygens (including phenoxy) is 2. The van der Waals surface area contributed by atoms with Crippen molar-refractivity contribution in [1.29, 1.82) is 0 Å². The number of fused-ring (bicyclic) bond motifs is 1. The van der Waals surface area contributed by atoms with Crippen LogP contribution in [0.2, 0.25) is 0 Å². The van der Waals surface area contributed by atoms with Crippen LogP contribution < -0.4 is 5.73 Å². The lowest BCUT2D eigenvalue weighted by atomic mass is 10.2. The largest absolute Gasteiger partial charge is 0.406 e. The van der Waals surface area contributed by atoms with Crippen LogP contribution >= 0.6 is 55.5 Å². The Balaban J connectivity index is 1.44. The molecule has 2 aliphatic rings. The molecule has 2 saturated heterocycles. The highest BCUT2D eigenvalue weighted by molar-refractivity contribution is 9.39. The van der Waals surface area contributed by atoms with Crippen molar-refractivity contribution in [3.8, 4) is 0 Å². The van der Waals surface area contributed by atoms with Crippen LogP contribution in [-0.4, -0.2) is 69.2 Å². The van der Waals surface area contributed by atoms with Crippen LogP contribution in [0.1, 0.15) is 26.0 Å². The van der Waals surface area contributed by atoms with Gasteiger partial charge >= 0.3 is 7.75 Å². The van der Waals surface area contributed by atoms with E-state index in [9.17, 15) is 9.46 Å². The van der Waals surface area contributed by atoms with Crippen molar-refractivity contribution >= 4 is 72.5 Å². The number of nitrogens with two attached hydrogens (primary N) is 1. The Morgan fingerprint density at radius 3 is 2.90 bits per heavy atom. The molecule has 0 aromatic carbocycles. The number of imidazole rings is 1. The first-order chi connectivity index (χ1) is 14.5. The Kier molecular flexibility index (Phi) is 7.13. The van der Waals surface area contributed by atoms with Gasteiger partial charge in [0, 0.05) is 25.9 Å². The molecule has 0 spiro atoms. The quantitative estimate of drug-likeness (QED) is 0.367. The molecule has 0 amide bonds. The summed E-state index contributed by atoms with van der Waals surface area (Å²) in [6.45, 7) is 2.72. The van der Waals surface area contributed by atoms with Crippen molar-refractivity contribution < 1.29 is 23.5 Å². The van der Waals surface area contributed by atoms with E-state index in [4.69, 9.17) is 19.7 Å². The lowest BCUT2D eigenvalue weighted by Crippen LogP contribution is -2.42. The molecule has 2 fully saturated rings. The van der Waals surface area contributed by atoms with Crippen molar-refractivity contribution in [3.05, 3.63) is 12.7 Å². The van der Waals surface area contributed by atoms with Crippen molar-refractivity contribution in [3.63, 3.8) is 0 Å². The second-order valence-corrected chi connectivity index (χ2v) is 16.5. The van der Waals surface area contributed by atoms with E-state index >= 15 is 0 Å². The van der Waals surface area contributed by atoms with Crippen LogP contribution in [-0.2, 0) is 18.6 Å². The van der Waals surface area contributed by atoms with Gasteiger partial charge in [-0.2, -0.15) is 0 Å². The Labute approximate surface area is 204 Å². The molecule has 172 valence electrons. The molecule has 4 rings (SSSR count). The fourth-order valence-corrected chi connectivity index (χ4v) is 6.28. The summed E-state index contributed by atoms with van der Waals surface area (Å²) in [7, 11) is -4.06. The Morgan fingerprint density at radius 2 is 2.16 bits per heavy atom. The molecule has 0 saturated carbocycles. The number of aromatic nitrogens is 4. The molecule has 0 bridgehead atoms. The number of nitrogen functional groups attached to an aromatic ring is 1. The minimum Gasteiger partial charge on any atom is -0.382 e. The van der Waals surface area contributed by atoms with Gasteiger partial charge in [-0.1, -0.05) is 47.8 Å². The maximum absolute atomic E-state index is 13.1. The van der Waals surface area contributed by atoms with Gasteiger partial charge in [0.25, 0.3) is 0 Å². The fourth-order valence-electron chi connectivity index (χ4n) is 3.73. The average molecular weight is 649 g/mol. The van der Waals surface area contributed by atoms with Crippen LogP contribution in [0.4, 0.5) is 5.82 Å². The van der Waals surface area contributed by atoms with Gasteiger partial charge in [0.1, 0.15) is 20.2 Å². The van der Waals surface area contributed by atoms with E-state index in [0.717, 1.165) is 0 Å². The number of alkyl halides is 3. The van der Waals surface area contributed by atoms with Crippen LogP contribution in [0.15, 0.2) is 12.7 Å². The highest BCUT2D eigenvalue weighted by atomic mass is 80.0. The Morgan fingerprint density at radius 1 is 1.39 bits per heavy atom. The minimum atomic E-state index is -4.06. The average Bonchev–Trinajstić information content (AvgIpc) is 3.25. The molecule has 2 aliphatic heterocycles. The first kappa shape index (κ1) is 24.0. The molecular weight excluding hydrogens is 627 g/mol. The molecule has 2 unspecified atom stereocenters. The normalized spacial score (nSPS) is 30.0. The maximum atomic E-state index is 13.1. The number of hydrogen-bond acceptors (Lipinski definition) is 8. The van der Waals surface area contributed by atoms with Gasteiger partial charge in [0.2, 0.25) is 0 Å². The number of rotatable bonds is 5. The summed E-state index contributed by atoms with van der Waals surface area (Å²) in [5.41, 5.74) is 6.87. The topological polar surface area (TPSA) is 138 Å². The molecule has 4 heterocycles. The van der Waals surface area contributed by atoms with E-state index < -0.39 is 28.3 Å². The Bertz CT molecular complexity index is 990. The summed E-state index contributed by atoms with van der Waals surface area (Å²) in [6, 6.07) is 0. The third-order valence-corrected chi connectivity index (χ3v) is 7.83. The highest BCUT2D eigenvalue weighted by Gasteiger charge is 2.43. The molecule has 31 heavy (non-hydrogen) atoms. The maximum Gasteiger partial charge on any atom is 0.406 e. The predicted octanol–water partition coefficient (Wildman–Crippen LogP) is 3.13. The minimum absolute atomic E-state index is 0.247. The third-order valence-electron chi connectivity index (χ3n) is 5.23. The standard InChI is InChI=1S/C16H22Br3N6O5P/c1-9-11(4-12(29-9)25-8-23-13-14(20)21-7-22-15(13)25)30-31(26,27)24-2-3-28-10(6-24)5-16(17,18)19/h7-12H,2-6H2,1H3,(H,26,27)(H2,20,21,22)/t9-,10?,11+,12-/m1/s1. The lowest BCUT2D eigenvalue weighted by molar-refractivity contribution is -0.0235. The molecule has 0 aliphatic carbocycles. The van der Waals surface area contributed by atoms with E-state index in [0.29, 0.717) is 37.2 Å². The molecule has 15 heteroatoms. The van der Waals surface area contributed by atoms with E-state index in [-0.39, 0.29) is 18.5 Å². The molecule has 3 N–H and O–H groups in total. The molecule has 5 atom stereocenters. The molecule has 11 nitrogen and oxygen atoms in total. The lowest BCUT2D eigenvalue weighted by Gasteiger charge is -2.36. The molecule has 2 aromatic heterocycles. The van der Waals surface area contributed by atoms with Gasteiger partial charge in [0.15, 0.2) is 11.5 Å². The summed E-state index contributed by atoms with van der Waals surface area (Å²) < 4.78 is 33.2. The zero-order valence-electron chi connectivity index (χ0n) is 16.5. The second kappa shape index (κ2) is 9.22. The molecule has 2 aromatic rings. The smallest absolute Gasteiger partial charge is 0.382 e. The van der Waals surface area contributed by atoms with Gasteiger partial charge in [0.05, 0.1) is 31.2 Å². The van der Waals surface area contributed by atoms with Crippen LogP contribution in [0.3, 0.4) is 0 Å². The number of halogens is 3. The predicted molar refractivity (Wildman–Crippen MR) is 124 cm³/mol.